The molecule has 1 N–H and O–H groups in total. The zero-order chi connectivity index (χ0) is 18.8. The quantitative estimate of drug-likeness (QED) is 0.502. The van der Waals surface area contributed by atoms with Crippen molar-refractivity contribution in [2.45, 2.75) is 6.04 Å². The molecule has 0 unspecified atom stereocenters. The maximum Gasteiger partial charge on any atom is 0.295 e. The number of halogens is 1. The van der Waals surface area contributed by atoms with Crippen molar-refractivity contribution in [3.05, 3.63) is 77.1 Å². The molecule has 0 saturated carbocycles. The minimum Gasteiger partial charge on any atom is -0.548 e. The Hall–Kier alpha value is -3.48. The Morgan fingerprint density at radius 3 is 2.27 bits per heavy atom. The van der Waals surface area contributed by atoms with E-state index in [1.165, 1.54) is 12.1 Å². The molecule has 6 nitrogen and oxygen atoms in total. The highest BCUT2D eigenvalue weighted by atomic mass is 19.1. The summed E-state index contributed by atoms with van der Waals surface area (Å²) < 4.78 is 13.2. The third-order valence-electron chi connectivity index (χ3n) is 4.07. The lowest BCUT2D eigenvalue weighted by Crippen LogP contribution is -2.40. The molecule has 2 aromatic carbocycles. The molecular formula is C19H13FNO5-. The molecule has 26 heavy (non-hydrogen) atoms. The summed E-state index contributed by atoms with van der Waals surface area (Å²) >= 11 is 0. The summed E-state index contributed by atoms with van der Waals surface area (Å²) in [7, 11) is 0. The van der Waals surface area contributed by atoms with Gasteiger partial charge in [-0.1, -0.05) is 42.5 Å². The second kappa shape index (κ2) is 6.79. The highest BCUT2D eigenvalue weighted by Gasteiger charge is 2.46. The number of carboxylic acids is 1. The van der Waals surface area contributed by atoms with Crippen LogP contribution in [0.2, 0.25) is 0 Å². The second-order valence-corrected chi connectivity index (χ2v) is 5.72. The van der Waals surface area contributed by atoms with Crippen LogP contribution >= 0.6 is 0 Å². The van der Waals surface area contributed by atoms with E-state index < -0.39 is 41.8 Å². The molecule has 1 aliphatic rings. The van der Waals surface area contributed by atoms with Crippen molar-refractivity contribution in [3.63, 3.8) is 0 Å². The number of carbonyl (C=O) groups excluding carboxylic acids is 3. The molecule has 1 fully saturated rings. The van der Waals surface area contributed by atoms with Gasteiger partial charge in [0.25, 0.3) is 11.7 Å². The number of amides is 1. The molecule has 7 heteroatoms. The van der Waals surface area contributed by atoms with Crippen molar-refractivity contribution < 1.29 is 29.0 Å². The summed E-state index contributed by atoms with van der Waals surface area (Å²) in [4.78, 5) is 36.6. The standard InChI is InChI=1S/C19H14FNO5/c20-13-8-6-11(7-9-13)16-15(17(24)12-4-2-1-3-5-12)18(25)19(26)21(16)10-14(22)23/h1-9,16,24H,10H2,(H,22,23)/p-1/t16-/m1/s1. The second-order valence-electron chi connectivity index (χ2n) is 5.72. The number of Topliss-reactive ketones (excluding diaryl/α,β-unsaturated/α-hetero) is 1. The molecular weight excluding hydrogens is 341 g/mol. The number of benzene rings is 2. The fraction of sp³-hybridized carbons (Fsp3) is 0.105. The molecule has 132 valence electrons. The minimum atomic E-state index is -1.56. The smallest absolute Gasteiger partial charge is 0.295 e. The van der Waals surface area contributed by atoms with Gasteiger partial charge in [-0.05, 0) is 17.7 Å². The molecule has 1 heterocycles. The zero-order valence-electron chi connectivity index (χ0n) is 13.4. The van der Waals surface area contributed by atoms with E-state index in [4.69, 9.17) is 0 Å². The average molecular weight is 354 g/mol. The Kier molecular flexibility index (Phi) is 4.53. The van der Waals surface area contributed by atoms with Gasteiger partial charge in [0.2, 0.25) is 0 Å². The summed E-state index contributed by atoms with van der Waals surface area (Å²) in [5.41, 5.74) is 0.337. The molecule has 1 atom stereocenters. The number of hydrogen-bond donors (Lipinski definition) is 1. The lowest BCUT2D eigenvalue weighted by molar-refractivity contribution is -0.306. The van der Waals surface area contributed by atoms with Crippen molar-refractivity contribution in [1.82, 2.24) is 4.90 Å². The first-order valence-electron chi connectivity index (χ1n) is 7.69. The third-order valence-corrected chi connectivity index (χ3v) is 4.07. The van der Waals surface area contributed by atoms with Crippen LogP contribution in [0.25, 0.3) is 5.76 Å². The fourth-order valence-electron chi connectivity index (χ4n) is 2.93. The molecule has 1 amide bonds. The first kappa shape index (κ1) is 17.3. The van der Waals surface area contributed by atoms with Crippen LogP contribution in [0, 0.1) is 5.82 Å². The number of nitrogens with zero attached hydrogens (tertiary/aromatic N) is 1. The van der Waals surface area contributed by atoms with E-state index in [1.54, 1.807) is 30.3 Å². The molecule has 2 aromatic rings. The summed E-state index contributed by atoms with van der Waals surface area (Å²) in [5, 5.41) is 21.6. The highest BCUT2D eigenvalue weighted by molar-refractivity contribution is 6.46. The Balaban J connectivity index is 2.19. The van der Waals surface area contributed by atoms with Gasteiger partial charge in [0.1, 0.15) is 11.6 Å². The summed E-state index contributed by atoms with van der Waals surface area (Å²) in [6.45, 7) is -0.835. The number of aliphatic carboxylic acids is 1. The minimum absolute atomic E-state index is 0.256. The van der Waals surface area contributed by atoms with Gasteiger partial charge in [-0.15, -0.1) is 0 Å². The van der Waals surface area contributed by atoms with Gasteiger partial charge in [-0.25, -0.2) is 4.39 Å². The molecule has 0 bridgehead atoms. The largest absolute Gasteiger partial charge is 0.548 e. The van der Waals surface area contributed by atoms with Crippen molar-refractivity contribution in [2.75, 3.05) is 6.54 Å². The van der Waals surface area contributed by atoms with Crippen LogP contribution in [0.3, 0.4) is 0 Å². The van der Waals surface area contributed by atoms with Crippen molar-refractivity contribution in [3.8, 4) is 0 Å². The number of ketones is 1. The van der Waals surface area contributed by atoms with E-state index in [9.17, 15) is 29.0 Å². The Labute approximate surface area is 147 Å². The fourth-order valence-corrected chi connectivity index (χ4v) is 2.93. The predicted octanol–water partition coefficient (Wildman–Crippen LogP) is 0.997. The summed E-state index contributed by atoms with van der Waals surface area (Å²) in [6, 6.07) is 11.8. The van der Waals surface area contributed by atoms with E-state index in [0.29, 0.717) is 11.1 Å². The number of rotatable bonds is 4. The molecule has 0 aromatic heterocycles. The third kappa shape index (κ3) is 3.06. The van der Waals surface area contributed by atoms with Crippen molar-refractivity contribution in [2.24, 2.45) is 0 Å². The SMILES string of the molecule is O=C([O-])CN1C(=O)C(=O)C(=C(O)c2ccccc2)[C@H]1c1ccc(F)cc1. The highest BCUT2D eigenvalue weighted by Crippen LogP contribution is 2.39. The molecule has 0 aliphatic carbocycles. The van der Waals surface area contributed by atoms with E-state index in [0.717, 1.165) is 17.0 Å². The van der Waals surface area contributed by atoms with Gasteiger partial charge in [-0.3, -0.25) is 9.59 Å². The number of carbonyl (C=O) groups is 3. The van der Waals surface area contributed by atoms with Crippen molar-refractivity contribution >= 4 is 23.4 Å². The number of aliphatic hydroxyl groups is 1. The van der Waals surface area contributed by atoms with E-state index in [-0.39, 0.29) is 5.57 Å². The molecule has 0 spiro atoms. The van der Waals surface area contributed by atoms with Gasteiger partial charge in [0.15, 0.2) is 0 Å². The lowest BCUT2D eigenvalue weighted by atomic mass is 9.95. The number of likely N-dealkylation sites (tertiary alicyclic amines) is 1. The first-order valence-corrected chi connectivity index (χ1v) is 7.69. The van der Waals surface area contributed by atoms with E-state index in [2.05, 4.69) is 0 Å². The lowest BCUT2D eigenvalue weighted by Gasteiger charge is -2.25. The number of carboxylic acid groups (broad SMARTS) is 1. The maximum atomic E-state index is 13.2. The molecule has 0 radical (unpaired) electrons. The van der Waals surface area contributed by atoms with Crippen LogP contribution in [0.1, 0.15) is 17.2 Å². The Morgan fingerprint density at radius 1 is 1.08 bits per heavy atom. The van der Waals surface area contributed by atoms with Gasteiger partial charge in [-0.2, -0.15) is 0 Å². The normalized spacial score (nSPS) is 19.0. The summed E-state index contributed by atoms with van der Waals surface area (Å²) in [5.74, 6) is -4.60. The molecule has 1 saturated heterocycles. The predicted molar refractivity (Wildman–Crippen MR) is 86.9 cm³/mol. The average Bonchev–Trinajstić information content (AvgIpc) is 2.87. The van der Waals surface area contributed by atoms with Crippen LogP contribution in [0.5, 0.6) is 0 Å². The topological polar surface area (TPSA) is 97.7 Å². The van der Waals surface area contributed by atoms with E-state index in [1.807, 2.05) is 0 Å². The monoisotopic (exact) mass is 354 g/mol. The van der Waals surface area contributed by atoms with E-state index >= 15 is 0 Å². The molecule has 1 aliphatic heterocycles. The van der Waals surface area contributed by atoms with Crippen molar-refractivity contribution in [1.29, 1.82) is 0 Å². The zero-order valence-corrected chi connectivity index (χ0v) is 13.4. The van der Waals surface area contributed by atoms with Gasteiger partial charge in [0.05, 0.1) is 24.1 Å². The maximum absolute atomic E-state index is 13.2. The molecule has 3 rings (SSSR count). The van der Waals surface area contributed by atoms with Crippen LogP contribution < -0.4 is 5.11 Å². The first-order chi connectivity index (χ1) is 12.4. The number of hydrogen-bond acceptors (Lipinski definition) is 5. The van der Waals surface area contributed by atoms with Crippen LogP contribution in [0.15, 0.2) is 60.2 Å². The van der Waals surface area contributed by atoms with Gasteiger partial charge < -0.3 is 19.9 Å². The van der Waals surface area contributed by atoms with Crippen LogP contribution in [-0.4, -0.2) is 34.2 Å². The Bertz CT molecular complexity index is 905. The van der Waals surface area contributed by atoms with Crippen LogP contribution in [-0.2, 0) is 14.4 Å². The summed E-state index contributed by atoms with van der Waals surface area (Å²) in [6.07, 6.45) is 0. The Morgan fingerprint density at radius 2 is 1.69 bits per heavy atom. The van der Waals surface area contributed by atoms with Crippen LogP contribution in [0.4, 0.5) is 4.39 Å². The van der Waals surface area contributed by atoms with Gasteiger partial charge in [0, 0.05) is 5.56 Å². The van der Waals surface area contributed by atoms with Gasteiger partial charge >= 0.3 is 0 Å². The number of aliphatic hydroxyl groups excluding tert-OH is 1.